The minimum Gasteiger partial charge on any atom is -0.497 e. The second-order valence-corrected chi connectivity index (χ2v) is 6.17. The van der Waals surface area contributed by atoms with E-state index in [9.17, 15) is 4.79 Å². The Morgan fingerprint density at radius 2 is 1.79 bits per heavy atom. The van der Waals surface area contributed by atoms with Crippen molar-refractivity contribution in [1.29, 1.82) is 0 Å². The molecule has 9 heteroatoms. The second kappa shape index (κ2) is 9.07. The number of nitrogens with two attached hydrogens (primary N) is 1. The predicted molar refractivity (Wildman–Crippen MR) is 109 cm³/mol. The van der Waals surface area contributed by atoms with Gasteiger partial charge in [-0.05, 0) is 43.3 Å². The lowest BCUT2D eigenvalue weighted by atomic mass is 10.2. The fraction of sp³-hybridized carbons (Fsp3) is 0.250. The summed E-state index contributed by atoms with van der Waals surface area (Å²) in [7, 11) is 3.16. The van der Waals surface area contributed by atoms with Crippen LogP contribution in [0.4, 0.5) is 11.4 Å². The van der Waals surface area contributed by atoms with Crippen molar-refractivity contribution in [2.75, 3.05) is 38.5 Å². The minimum atomic E-state index is -0.409. The smallest absolute Gasteiger partial charge is 0.278 e. The summed E-state index contributed by atoms with van der Waals surface area (Å²) in [6.07, 6.45) is 0. The van der Waals surface area contributed by atoms with E-state index in [2.05, 4.69) is 15.5 Å². The summed E-state index contributed by atoms with van der Waals surface area (Å²) in [4.78, 5) is 14.1. The highest BCUT2D eigenvalue weighted by atomic mass is 16.5. The van der Waals surface area contributed by atoms with Crippen molar-refractivity contribution >= 4 is 17.3 Å². The highest BCUT2D eigenvalue weighted by molar-refractivity contribution is 6.05. The lowest BCUT2D eigenvalue weighted by Crippen LogP contribution is -2.15. The molecule has 0 unspecified atom stereocenters. The molecule has 0 saturated carbocycles. The average molecular weight is 397 g/mol. The molecule has 1 amide bonds. The number of aromatic nitrogens is 3. The molecule has 9 nitrogen and oxygen atoms in total. The van der Waals surface area contributed by atoms with Gasteiger partial charge in [0, 0.05) is 13.2 Å². The van der Waals surface area contributed by atoms with E-state index in [1.807, 2.05) is 12.1 Å². The van der Waals surface area contributed by atoms with Gasteiger partial charge in [0.2, 0.25) is 0 Å². The summed E-state index contributed by atoms with van der Waals surface area (Å²) >= 11 is 0. The molecular formula is C20H23N5O4. The van der Waals surface area contributed by atoms with E-state index >= 15 is 0 Å². The average Bonchev–Trinajstić information content (AvgIpc) is 3.12. The molecule has 1 aromatic heterocycles. The molecule has 0 spiro atoms. The van der Waals surface area contributed by atoms with E-state index in [4.69, 9.17) is 19.9 Å². The summed E-state index contributed by atoms with van der Waals surface area (Å²) in [5.74, 6) is 0.886. The van der Waals surface area contributed by atoms with Crippen LogP contribution in [0.2, 0.25) is 0 Å². The highest BCUT2D eigenvalue weighted by Crippen LogP contribution is 2.25. The van der Waals surface area contributed by atoms with Crippen molar-refractivity contribution in [3.63, 3.8) is 0 Å². The van der Waals surface area contributed by atoms with Crippen molar-refractivity contribution in [3.8, 4) is 17.2 Å². The fourth-order valence-corrected chi connectivity index (χ4v) is 2.57. The van der Waals surface area contributed by atoms with Crippen molar-refractivity contribution in [1.82, 2.24) is 15.0 Å². The Labute approximate surface area is 168 Å². The summed E-state index contributed by atoms with van der Waals surface area (Å²) < 4.78 is 15.7. The minimum absolute atomic E-state index is 0.202. The lowest BCUT2D eigenvalue weighted by Gasteiger charge is -2.09. The fourth-order valence-electron chi connectivity index (χ4n) is 2.57. The molecule has 0 radical (unpaired) electrons. The molecule has 0 aliphatic rings. The summed E-state index contributed by atoms with van der Waals surface area (Å²) in [6.45, 7) is 2.69. The highest BCUT2D eigenvalue weighted by Gasteiger charge is 2.18. The topological polar surface area (TPSA) is 114 Å². The lowest BCUT2D eigenvalue weighted by molar-refractivity contribution is 0.102. The van der Waals surface area contributed by atoms with Gasteiger partial charge in [0.05, 0.1) is 36.5 Å². The van der Waals surface area contributed by atoms with E-state index < -0.39 is 5.91 Å². The Bertz CT molecular complexity index is 985. The van der Waals surface area contributed by atoms with Gasteiger partial charge in [-0.1, -0.05) is 0 Å². The van der Waals surface area contributed by atoms with Crippen molar-refractivity contribution in [3.05, 3.63) is 53.9 Å². The molecule has 3 rings (SSSR count). The first kappa shape index (κ1) is 20.2. The van der Waals surface area contributed by atoms with E-state index in [-0.39, 0.29) is 5.69 Å². The Balaban J connectivity index is 1.75. The van der Waals surface area contributed by atoms with Crippen molar-refractivity contribution in [2.45, 2.75) is 6.92 Å². The van der Waals surface area contributed by atoms with Crippen LogP contribution < -0.4 is 20.5 Å². The number of rotatable bonds is 8. The molecule has 0 saturated heterocycles. The summed E-state index contributed by atoms with van der Waals surface area (Å²) in [5.41, 5.74) is 8.19. The Morgan fingerprint density at radius 3 is 2.48 bits per heavy atom. The van der Waals surface area contributed by atoms with Crippen molar-refractivity contribution in [2.24, 2.45) is 0 Å². The van der Waals surface area contributed by atoms with Crippen LogP contribution in [0.15, 0.2) is 42.5 Å². The van der Waals surface area contributed by atoms with Gasteiger partial charge in [-0.15, -0.1) is 5.10 Å². The monoisotopic (exact) mass is 397 g/mol. The second-order valence-electron chi connectivity index (χ2n) is 6.17. The number of anilines is 2. The molecule has 0 fully saturated rings. The Kier molecular flexibility index (Phi) is 6.30. The number of amides is 1. The number of carbonyl (C=O) groups excluding carboxylic acids is 1. The van der Waals surface area contributed by atoms with E-state index in [0.717, 1.165) is 0 Å². The van der Waals surface area contributed by atoms with E-state index in [0.29, 0.717) is 47.5 Å². The number of ether oxygens (including phenoxy) is 3. The maximum absolute atomic E-state index is 12.7. The first-order valence-electron chi connectivity index (χ1n) is 8.93. The van der Waals surface area contributed by atoms with Crippen LogP contribution in [0, 0.1) is 6.92 Å². The van der Waals surface area contributed by atoms with Gasteiger partial charge >= 0.3 is 0 Å². The van der Waals surface area contributed by atoms with Crippen LogP contribution in [0.5, 0.6) is 11.5 Å². The number of carbonyl (C=O) groups is 1. The molecule has 29 heavy (non-hydrogen) atoms. The summed E-state index contributed by atoms with van der Waals surface area (Å²) in [6, 6.07) is 12.3. The SMILES string of the molecule is COCCOc1ccc(-n2nc(C)c(C(=O)Nc3cc(OC)ccc3N)n2)cc1. The molecule has 0 atom stereocenters. The molecule has 0 aliphatic carbocycles. The molecule has 0 aliphatic heterocycles. The van der Waals surface area contributed by atoms with Crippen molar-refractivity contribution < 1.29 is 19.0 Å². The zero-order valence-corrected chi connectivity index (χ0v) is 16.5. The summed E-state index contributed by atoms with van der Waals surface area (Å²) in [5, 5.41) is 11.4. The number of aryl methyl sites for hydroxylation is 1. The third kappa shape index (κ3) is 4.82. The van der Waals surface area contributed by atoms with Gasteiger partial charge in [-0.3, -0.25) is 4.79 Å². The van der Waals surface area contributed by atoms with Gasteiger partial charge in [-0.2, -0.15) is 9.90 Å². The Morgan fingerprint density at radius 1 is 1.07 bits per heavy atom. The maximum Gasteiger partial charge on any atom is 0.278 e. The molecule has 152 valence electrons. The number of methoxy groups -OCH3 is 2. The number of benzene rings is 2. The molecule has 1 heterocycles. The zero-order valence-electron chi connectivity index (χ0n) is 16.5. The van der Waals surface area contributed by atoms with Crippen LogP contribution in [0.1, 0.15) is 16.2 Å². The van der Waals surface area contributed by atoms with Crippen LogP contribution in [-0.2, 0) is 4.74 Å². The molecule has 3 aromatic rings. The number of hydrogen-bond acceptors (Lipinski definition) is 7. The van der Waals surface area contributed by atoms with Gasteiger partial charge in [-0.25, -0.2) is 0 Å². The molecule has 2 aromatic carbocycles. The van der Waals surface area contributed by atoms with Gasteiger partial charge in [0.25, 0.3) is 5.91 Å². The zero-order chi connectivity index (χ0) is 20.8. The molecule has 3 N–H and O–H groups in total. The van der Waals surface area contributed by atoms with Crippen LogP contribution in [0.3, 0.4) is 0 Å². The number of hydrogen-bond donors (Lipinski definition) is 2. The number of nitrogens with zero attached hydrogens (tertiary/aromatic N) is 3. The maximum atomic E-state index is 12.7. The van der Waals surface area contributed by atoms with Gasteiger partial charge in [0.15, 0.2) is 5.69 Å². The van der Waals surface area contributed by atoms with Gasteiger partial charge in [0.1, 0.15) is 18.1 Å². The van der Waals surface area contributed by atoms with Crippen LogP contribution in [-0.4, -0.2) is 48.3 Å². The number of nitrogen functional groups attached to an aromatic ring is 1. The molecular weight excluding hydrogens is 374 g/mol. The quantitative estimate of drug-likeness (QED) is 0.443. The third-order valence-electron chi connectivity index (χ3n) is 4.13. The van der Waals surface area contributed by atoms with Gasteiger partial charge < -0.3 is 25.3 Å². The largest absolute Gasteiger partial charge is 0.497 e. The van der Waals surface area contributed by atoms with Crippen LogP contribution >= 0.6 is 0 Å². The first-order chi connectivity index (χ1) is 14.0. The normalized spacial score (nSPS) is 10.6. The van der Waals surface area contributed by atoms with Crippen LogP contribution in [0.25, 0.3) is 5.69 Å². The standard InChI is InChI=1S/C20H23N5O4/c1-13-19(20(26)22-18-12-16(28-3)8-9-17(18)21)24-25(23-13)14-4-6-15(7-5-14)29-11-10-27-2/h4-9,12H,10-11,21H2,1-3H3,(H,22,26). The van der Waals surface area contributed by atoms with E-state index in [1.54, 1.807) is 51.5 Å². The first-order valence-corrected chi connectivity index (χ1v) is 8.93. The van der Waals surface area contributed by atoms with E-state index in [1.165, 1.54) is 4.80 Å². The Hall–Kier alpha value is -3.59. The third-order valence-corrected chi connectivity index (χ3v) is 4.13. The number of nitrogens with one attached hydrogen (secondary N) is 1. The molecule has 0 bridgehead atoms. The predicted octanol–water partition coefficient (Wildman–Crippen LogP) is 2.44.